The fraction of sp³-hybridized carbons (Fsp3) is 0.364. The third-order valence-corrected chi connectivity index (χ3v) is 3.45. The largest absolute Gasteiger partial charge is 0.451 e. The number of anilines is 1. The molecule has 0 radical (unpaired) electrons. The number of thiophene rings is 1. The highest BCUT2D eigenvalue weighted by molar-refractivity contribution is 7.14. The standard InChI is InChI=1S/C11H12F3N5O2S/c1-18-8(11(12,13)14)17-19(10(18)21)5-4-15-9(20)16-7-3-2-6-22-7/h2-3,6H,4-5H2,1H3,(H2,15,16,20). The number of hydrogen-bond acceptors (Lipinski definition) is 4. The summed E-state index contributed by atoms with van der Waals surface area (Å²) >= 11 is 1.32. The molecule has 0 aromatic carbocycles. The average Bonchev–Trinajstić information content (AvgIpc) is 3.01. The summed E-state index contributed by atoms with van der Waals surface area (Å²) in [6, 6.07) is 2.94. The first-order chi connectivity index (χ1) is 10.3. The molecule has 0 saturated heterocycles. The van der Waals surface area contributed by atoms with E-state index in [1.807, 2.05) is 0 Å². The fourth-order valence-corrected chi connectivity index (χ4v) is 2.27. The lowest BCUT2D eigenvalue weighted by Crippen LogP contribution is -2.34. The van der Waals surface area contributed by atoms with Gasteiger partial charge in [-0.1, -0.05) is 0 Å². The lowest BCUT2D eigenvalue weighted by Gasteiger charge is -2.05. The first-order valence-corrected chi connectivity index (χ1v) is 6.96. The maximum absolute atomic E-state index is 12.6. The molecule has 0 fully saturated rings. The van der Waals surface area contributed by atoms with Crippen LogP contribution in [0.2, 0.25) is 0 Å². The van der Waals surface area contributed by atoms with Crippen molar-refractivity contribution >= 4 is 22.4 Å². The van der Waals surface area contributed by atoms with Crippen LogP contribution in [0.4, 0.5) is 23.0 Å². The molecule has 2 aromatic rings. The molecule has 11 heteroatoms. The van der Waals surface area contributed by atoms with Crippen molar-refractivity contribution in [2.24, 2.45) is 7.05 Å². The lowest BCUT2D eigenvalue weighted by molar-refractivity contribution is -0.147. The molecular weight excluding hydrogens is 323 g/mol. The molecule has 0 saturated carbocycles. The van der Waals surface area contributed by atoms with E-state index >= 15 is 0 Å². The van der Waals surface area contributed by atoms with Crippen LogP contribution in [0.15, 0.2) is 22.3 Å². The number of amides is 2. The van der Waals surface area contributed by atoms with E-state index in [-0.39, 0.29) is 13.1 Å². The summed E-state index contributed by atoms with van der Waals surface area (Å²) in [4.78, 5) is 23.1. The topological polar surface area (TPSA) is 81.0 Å². The molecule has 0 unspecified atom stereocenters. The fourth-order valence-electron chi connectivity index (χ4n) is 1.66. The van der Waals surface area contributed by atoms with Crippen molar-refractivity contribution in [1.29, 1.82) is 0 Å². The summed E-state index contributed by atoms with van der Waals surface area (Å²) in [7, 11) is 0.992. The molecule has 2 aromatic heterocycles. The molecule has 2 rings (SSSR count). The number of carbonyl (C=O) groups excluding carboxylic acids is 1. The van der Waals surface area contributed by atoms with Crippen LogP contribution in [-0.2, 0) is 19.8 Å². The zero-order valence-corrected chi connectivity index (χ0v) is 12.2. The van der Waals surface area contributed by atoms with E-state index in [0.717, 1.165) is 7.05 Å². The van der Waals surface area contributed by atoms with Gasteiger partial charge in [-0.25, -0.2) is 14.3 Å². The first-order valence-electron chi connectivity index (χ1n) is 6.08. The van der Waals surface area contributed by atoms with Gasteiger partial charge < -0.3 is 5.32 Å². The Morgan fingerprint density at radius 3 is 2.73 bits per heavy atom. The van der Waals surface area contributed by atoms with Gasteiger partial charge in [0.25, 0.3) is 0 Å². The van der Waals surface area contributed by atoms with Gasteiger partial charge in [-0.3, -0.25) is 9.88 Å². The summed E-state index contributed by atoms with van der Waals surface area (Å²) in [6.45, 7) is -0.202. The lowest BCUT2D eigenvalue weighted by atomic mass is 10.6. The van der Waals surface area contributed by atoms with Crippen LogP contribution in [0.1, 0.15) is 5.82 Å². The van der Waals surface area contributed by atoms with Crippen molar-refractivity contribution in [2.45, 2.75) is 12.7 Å². The van der Waals surface area contributed by atoms with E-state index < -0.39 is 23.7 Å². The Kier molecular flexibility index (Phi) is 4.54. The van der Waals surface area contributed by atoms with E-state index in [1.54, 1.807) is 17.5 Å². The van der Waals surface area contributed by atoms with E-state index in [1.165, 1.54) is 11.3 Å². The summed E-state index contributed by atoms with van der Waals surface area (Å²) in [6.07, 6.45) is -4.71. The molecule has 0 bridgehead atoms. The van der Waals surface area contributed by atoms with Gasteiger partial charge in [-0.15, -0.1) is 16.4 Å². The van der Waals surface area contributed by atoms with Crippen LogP contribution in [0.3, 0.4) is 0 Å². The van der Waals surface area contributed by atoms with Gasteiger partial charge >= 0.3 is 17.9 Å². The van der Waals surface area contributed by atoms with Crippen LogP contribution < -0.4 is 16.3 Å². The Morgan fingerprint density at radius 2 is 2.18 bits per heavy atom. The molecule has 0 atom stereocenters. The SMILES string of the molecule is Cn1c(C(F)(F)F)nn(CCNC(=O)Nc2cccs2)c1=O. The molecule has 0 spiro atoms. The Labute approximate surface area is 126 Å². The second kappa shape index (κ2) is 6.22. The molecule has 120 valence electrons. The van der Waals surface area contributed by atoms with Crippen LogP contribution in [-0.4, -0.2) is 26.9 Å². The summed E-state index contributed by atoms with van der Waals surface area (Å²) in [5.41, 5.74) is -0.896. The molecule has 7 nitrogen and oxygen atoms in total. The second-order valence-corrected chi connectivity index (χ2v) is 5.19. The summed E-state index contributed by atoms with van der Waals surface area (Å²) in [5, 5.41) is 10.6. The highest BCUT2D eigenvalue weighted by Crippen LogP contribution is 2.25. The minimum Gasteiger partial charge on any atom is -0.336 e. The molecular formula is C11H12F3N5O2S. The van der Waals surface area contributed by atoms with Crippen molar-refractivity contribution in [2.75, 3.05) is 11.9 Å². The Hall–Kier alpha value is -2.30. The molecule has 0 aliphatic carbocycles. The third kappa shape index (κ3) is 3.67. The maximum Gasteiger partial charge on any atom is 0.451 e. The van der Waals surface area contributed by atoms with Crippen molar-refractivity contribution in [3.8, 4) is 0 Å². The van der Waals surface area contributed by atoms with Gasteiger partial charge in [0.15, 0.2) is 0 Å². The van der Waals surface area contributed by atoms with Crippen LogP contribution in [0.25, 0.3) is 0 Å². The number of rotatable bonds is 4. The van der Waals surface area contributed by atoms with Crippen molar-refractivity contribution in [3.63, 3.8) is 0 Å². The number of nitrogens with one attached hydrogen (secondary N) is 2. The Morgan fingerprint density at radius 1 is 1.45 bits per heavy atom. The van der Waals surface area contributed by atoms with Gasteiger partial charge in [0.1, 0.15) is 0 Å². The van der Waals surface area contributed by atoms with Crippen LogP contribution in [0.5, 0.6) is 0 Å². The molecule has 22 heavy (non-hydrogen) atoms. The van der Waals surface area contributed by atoms with E-state index in [4.69, 9.17) is 0 Å². The number of nitrogens with zero attached hydrogens (tertiary/aromatic N) is 3. The van der Waals surface area contributed by atoms with Crippen molar-refractivity contribution < 1.29 is 18.0 Å². The number of hydrogen-bond donors (Lipinski definition) is 2. The number of urea groups is 1. The minimum absolute atomic E-state index is 0.0363. The van der Waals surface area contributed by atoms with Crippen LogP contribution in [0, 0.1) is 0 Å². The normalized spacial score (nSPS) is 11.5. The number of halogens is 3. The molecule has 2 amide bonds. The highest BCUT2D eigenvalue weighted by atomic mass is 32.1. The first kappa shape index (κ1) is 16.1. The Balaban J connectivity index is 1.92. The highest BCUT2D eigenvalue weighted by Gasteiger charge is 2.37. The van der Waals surface area contributed by atoms with Crippen molar-refractivity contribution in [1.82, 2.24) is 19.7 Å². The second-order valence-electron chi connectivity index (χ2n) is 4.24. The monoisotopic (exact) mass is 335 g/mol. The summed E-state index contributed by atoms with van der Waals surface area (Å²) in [5.74, 6) is -1.28. The smallest absolute Gasteiger partial charge is 0.336 e. The van der Waals surface area contributed by atoms with E-state index in [9.17, 15) is 22.8 Å². The van der Waals surface area contributed by atoms with Gasteiger partial charge in [-0.2, -0.15) is 13.2 Å². The van der Waals surface area contributed by atoms with Gasteiger partial charge in [-0.05, 0) is 17.5 Å². The third-order valence-electron chi connectivity index (χ3n) is 2.66. The average molecular weight is 335 g/mol. The van der Waals surface area contributed by atoms with E-state index in [2.05, 4.69) is 15.7 Å². The van der Waals surface area contributed by atoms with E-state index in [0.29, 0.717) is 14.2 Å². The number of carbonyl (C=O) groups is 1. The van der Waals surface area contributed by atoms with Gasteiger partial charge in [0.2, 0.25) is 5.82 Å². The van der Waals surface area contributed by atoms with Gasteiger partial charge in [0, 0.05) is 13.6 Å². The molecule has 2 heterocycles. The summed E-state index contributed by atoms with van der Waals surface area (Å²) < 4.78 is 38.9. The number of aromatic nitrogens is 3. The van der Waals surface area contributed by atoms with Gasteiger partial charge in [0.05, 0.1) is 11.5 Å². The minimum atomic E-state index is -4.71. The Bertz CT molecular complexity index is 704. The zero-order valence-electron chi connectivity index (χ0n) is 11.3. The predicted molar refractivity (Wildman–Crippen MR) is 73.8 cm³/mol. The number of alkyl halides is 3. The maximum atomic E-state index is 12.6. The molecule has 0 aliphatic rings. The predicted octanol–water partition coefficient (Wildman–Crippen LogP) is 1.48. The molecule has 0 aliphatic heterocycles. The zero-order chi connectivity index (χ0) is 16.3. The molecule has 2 N–H and O–H groups in total. The van der Waals surface area contributed by atoms with Crippen molar-refractivity contribution in [3.05, 3.63) is 33.8 Å². The van der Waals surface area contributed by atoms with Crippen LogP contribution >= 0.6 is 11.3 Å². The quantitative estimate of drug-likeness (QED) is 0.888.